The van der Waals surface area contributed by atoms with Crippen LogP contribution in [0.25, 0.3) is 0 Å². The molecule has 1 fully saturated rings. The van der Waals surface area contributed by atoms with E-state index in [0.717, 1.165) is 37.4 Å². The van der Waals surface area contributed by atoms with Crippen molar-refractivity contribution >= 4 is 41.5 Å². The van der Waals surface area contributed by atoms with Crippen LogP contribution in [0.5, 0.6) is 0 Å². The molecule has 0 aliphatic carbocycles. The van der Waals surface area contributed by atoms with Gasteiger partial charge in [0.05, 0.1) is 6.26 Å². The van der Waals surface area contributed by atoms with Crippen LogP contribution in [0.3, 0.4) is 0 Å². The summed E-state index contributed by atoms with van der Waals surface area (Å²) in [5, 5.41) is 2.82. The highest BCUT2D eigenvalue weighted by Gasteiger charge is 2.18. The Kier molecular flexibility index (Phi) is 8.74. The number of anilines is 1. The quantitative estimate of drug-likeness (QED) is 0.268. The van der Waals surface area contributed by atoms with Gasteiger partial charge in [0.25, 0.3) is 5.91 Å². The number of amides is 1. The van der Waals surface area contributed by atoms with Crippen molar-refractivity contribution in [3.63, 3.8) is 0 Å². The maximum absolute atomic E-state index is 13.0. The van der Waals surface area contributed by atoms with Gasteiger partial charge in [0.15, 0.2) is 11.7 Å². The van der Waals surface area contributed by atoms with E-state index in [1.54, 1.807) is 18.2 Å². The van der Waals surface area contributed by atoms with Crippen LogP contribution in [-0.4, -0.2) is 56.0 Å². The number of rotatable bonds is 6. The highest BCUT2D eigenvalue weighted by Crippen LogP contribution is 2.16. The monoisotopic (exact) mass is 515 g/mol. The van der Waals surface area contributed by atoms with Crippen LogP contribution < -0.4 is 16.0 Å². The Morgan fingerprint density at radius 3 is 2.52 bits per heavy atom. The van der Waals surface area contributed by atoms with E-state index in [9.17, 15) is 9.18 Å². The maximum atomic E-state index is 13.0. The van der Waals surface area contributed by atoms with E-state index in [0.29, 0.717) is 31.2 Å². The van der Waals surface area contributed by atoms with Crippen molar-refractivity contribution < 1.29 is 13.6 Å². The van der Waals surface area contributed by atoms with Gasteiger partial charge in [0, 0.05) is 50.5 Å². The lowest BCUT2D eigenvalue weighted by molar-refractivity contribution is 0.0925. The van der Waals surface area contributed by atoms with Crippen LogP contribution in [-0.2, 0) is 0 Å². The average Bonchev–Trinajstić information content (AvgIpc) is 3.14. The summed E-state index contributed by atoms with van der Waals surface area (Å²) in [6.45, 7) is 6.03. The lowest BCUT2D eigenvalue weighted by Gasteiger charge is -2.36. The molecule has 0 saturated carbocycles. The van der Waals surface area contributed by atoms with Crippen molar-refractivity contribution in [1.82, 2.24) is 10.2 Å². The maximum Gasteiger partial charge on any atom is 0.287 e. The molecule has 0 bridgehead atoms. The van der Waals surface area contributed by atoms with Gasteiger partial charge in [-0.25, -0.2) is 4.39 Å². The topological polar surface area (TPSA) is 87.1 Å². The normalized spacial score (nSPS) is 14.5. The van der Waals surface area contributed by atoms with E-state index in [1.165, 1.54) is 18.4 Å². The third-order valence-corrected chi connectivity index (χ3v) is 4.76. The predicted molar refractivity (Wildman–Crippen MR) is 122 cm³/mol. The van der Waals surface area contributed by atoms with E-state index in [2.05, 4.69) is 15.2 Å². The van der Waals surface area contributed by atoms with Crippen LogP contribution in [0.4, 0.5) is 10.1 Å². The molecule has 1 aromatic heterocycles. The molecular formula is C20H27FIN5O2. The zero-order valence-electron chi connectivity index (χ0n) is 16.4. The predicted octanol–water partition coefficient (Wildman–Crippen LogP) is 2.60. The number of piperazine rings is 1. The smallest absolute Gasteiger partial charge is 0.287 e. The van der Waals surface area contributed by atoms with E-state index in [1.807, 2.05) is 11.8 Å². The number of halogens is 2. The number of furan rings is 1. The van der Waals surface area contributed by atoms with Gasteiger partial charge < -0.3 is 25.3 Å². The molecule has 1 aliphatic rings. The number of nitrogens with two attached hydrogens (primary N) is 1. The molecule has 2 aromatic rings. The number of aliphatic imine (C=N–C) groups is 1. The van der Waals surface area contributed by atoms with Crippen molar-refractivity contribution in [2.24, 2.45) is 10.7 Å². The molecular weight excluding hydrogens is 488 g/mol. The summed E-state index contributed by atoms with van der Waals surface area (Å²) in [5.41, 5.74) is 7.93. The van der Waals surface area contributed by atoms with Crippen molar-refractivity contribution in [3.05, 3.63) is 53.7 Å². The number of carbonyl (C=O) groups excluding carboxylic acids is 1. The largest absolute Gasteiger partial charge is 0.459 e. The van der Waals surface area contributed by atoms with Crippen molar-refractivity contribution in [2.75, 3.05) is 44.2 Å². The van der Waals surface area contributed by atoms with Gasteiger partial charge in [-0.15, -0.1) is 24.0 Å². The zero-order valence-corrected chi connectivity index (χ0v) is 18.8. The number of nitrogens with zero attached hydrogens (tertiary/aromatic N) is 3. The lowest BCUT2D eigenvalue weighted by atomic mass is 10.2. The molecule has 1 amide bonds. The molecule has 29 heavy (non-hydrogen) atoms. The molecule has 0 atom stereocenters. The zero-order chi connectivity index (χ0) is 19.9. The summed E-state index contributed by atoms with van der Waals surface area (Å²) in [5.74, 6) is 0.430. The van der Waals surface area contributed by atoms with E-state index >= 15 is 0 Å². The molecule has 9 heteroatoms. The Hall–Kier alpha value is -2.30. The summed E-state index contributed by atoms with van der Waals surface area (Å²) in [6.07, 6.45) is 2.20. The van der Waals surface area contributed by atoms with Gasteiger partial charge in [-0.1, -0.05) is 0 Å². The summed E-state index contributed by atoms with van der Waals surface area (Å²) < 4.78 is 18.2. The SMILES string of the molecule is Cc1ccoc1C(=O)NCCCN=C(N)N1CCN(c2ccc(F)cc2)CC1.I. The van der Waals surface area contributed by atoms with Crippen molar-refractivity contribution in [3.8, 4) is 0 Å². The first kappa shape index (κ1) is 23.0. The molecule has 1 aliphatic heterocycles. The fourth-order valence-corrected chi connectivity index (χ4v) is 3.11. The van der Waals surface area contributed by atoms with Gasteiger partial charge >= 0.3 is 0 Å². The number of benzene rings is 1. The fraction of sp³-hybridized carbons (Fsp3) is 0.400. The van der Waals surface area contributed by atoms with Crippen LogP contribution in [0, 0.1) is 12.7 Å². The minimum absolute atomic E-state index is 0. The van der Waals surface area contributed by atoms with Crippen LogP contribution >= 0.6 is 24.0 Å². The number of carbonyl (C=O) groups is 1. The number of hydrogen-bond acceptors (Lipinski definition) is 4. The molecule has 0 radical (unpaired) electrons. The van der Waals surface area contributed by atoms with Crippen LogP contribution in [0.15, 0.2) is 46.0 Å². The Bertz CT molecular complexity index is 817. The third kappa shape index (κ3) is 6.34. The van der Waals surface area contributed by atoms with Gasteiger partial charge in [0.2, 0.25) is 0 Å². The lowest BCUT2D eigenvalue weighted by Crippen LogP contribution is -2.51. The van der Waals surface area contributed by atoms with E-state index in [4.69, 9.17) is 10.2 Å². The van der Waals surface area contributed by atoms with Gasteiger partial charge in [0.1, 0.15) is 5.82 Å². The van der Waals surface area contributed by atoms with E-state index in [-0.39, 0.29) is 35.7 Å². The highest BCUT2D eigenvalue weighted by molar-refractivity contribution is 14.0. The number of nitrogens with one attached hydrogen (secondary N) is 1. The summed E-state index contributed by atoms with van der Waals surface area (Å²) in [7, 11) is 0. The minimum Gasteiger partial charge on any atom is -0.459 e. The molecule has 2 heterocycles. The third-order valence-electron chi connectivity index (χ3n) is 4.76. The number of hydrogen-bond donors (Lipinski definition) is 2. The summed E-state index contributed by atoms with van der Waals surface area (Å²) >= 11 is 0. The second-order valence-electron chi connectivity index (χ2n) is 6.73. The Morgan fingerprint density at radius 2 is 1.90 bits per heavy atom. The molecule has 0 spiro atoms. The Labute approximate surface area is 187 Å². The standard InChI is InChI=1S/C20H26FN5O2.HI/c1-15-7-14-28-18(15)19(27)23-8-2-9-24-20(22)26-12-10-25(11-13-26)17-5-3-16(21)4-6-17;/h3-7,14H,2,8-13H2,1H3,(H2,22,24)(H,23,27);1H. The molecule has 3 N–H and O–H groups in total. The van der Waals surface area contributed by atoms with Crippen molar-refractivity contribution in [1.29, 1.82) is 0 Å². The second kappa shape index (κ2) is 11.0. The Balaban J connectivity index is 0.00000300. The molecule has 7 nitrogen and oxygen atoms in total. The first-order valence-corrected chi connectivity index (χ1v) is 9.42. The first-order valence-electron chi connectivity index (χ1n) is 9.42. The van der Waals surface area contributed by atoms with Crippen LogP contribution in [0.1, 0.15) is 22.5 Å². The molecule has 1 aromatic carbocycles. The molecule has 1 saturated heterocycles. The number of aryl methyl sites for hydroxylation is 1. The highest BCUT2D eigenvalue weighted by atomic mass is 127. The summed E-state index contributed by atoms with van der Waals surface area (Å²) in [4.78, 5) is 20.6. The van der Waals surface area contributed by atoms with Gasteiger partial charge in [-0.05, 0) is 43.7 Å². The fourth-order valence-electron chi connectivity index (χ4n) is 3.11. The minimum atomic E-state index is -0.228. The molecule has 3 rings (SSSR count). The number of guanidine groups is 1. The first-order chi connectivity index (χ1) is 13.5. The van der Waals surface area contributed by atoms with Crippen LogP contribution in [0.2, 0.25) is 0 Å². The van der Waals surface area contributed by atoms with Gasteiger partial charge in [-0.2, -0.15) is 0 Å². The van der Waals surface area contributed by atoms with Crippen molar-refractivity contribution in [2.45, 2.75) is 13.3 Å². The molecule has 158 valence electrons. The molecule has 0 unspecified atom stereocenters. The summed E-state index contributed by atoms with van der Waals surface area (Å²) in [6, 6.07) is 8.30. The Morgan fingerprint density at radius 1 is 1.21 bits per heavy atom. The van der Waals surface area contributed by atoms with E-state index < -0.39 is 0 Å². The average molecular weight is 515 g/mol. The van der Waals surface area contributed by atoms with Gasteiger partial charge in [-0.3, -0.25) is 9.79 Å². The second-order valence-corrected chi connectivity index (χ2v) is 6.73.